The van der Waals surface area contributed by atoms with E-state index < -0.39 is 0 Å². The molecule has 0 saturated heterocycles. The van der Waals surface area contributed by atoms with Crippen LogP contribution in [0.2, 0.25) is 0 Å². The maximum absolute atomic E-state index is 13.4. The van der Waals surface area contributed by atoms with Crippen LogP contribution in [0.25, 0.3) is 0 Å². The Hall–Kier alpha value is -2.29. The number of rotatable bonds is 22. The third kappa shape index (κ3) is 12.9. The van der Waals surface area contributed by atoms with Crippen molar-refractivity contribution >= 4 is 17.4 Å². The van der Waals surface area contributed by atoms with Crippen LogP contribution in [0.4, 0.5) is 16.2 Å². The zero-order valence-corrected chi connectivity index (χ0v) is 26.5. The van der Waals surface area contributed by atoms with E-state index in [0.29, 0.717) is 0 Å². The molecule has 40 heavy (non-hydrogen) atoms. The fourth-order valence-corrected chi connectivity index (χ4v) is 5.78. The number of benzene rings is 2. The van der Waals surface area contributed by atoms with Crippen LogP contribution in [-0.4, -0.2) is 6.03 Å². The lowest BCUT2D eigenvalue weighted by Gasteiger charge is -2.19. The molecule has 0 aromatic heterocycles. The molecule has 0 heterocycles. The highest BCUT2D eigenvalue weighted by atomic mass is 16.2. The molecule has 2 N–H and O–H groups in total. The third-order valence-corrected chi connectivity index (χ3v) is 8.20. The summed E-state index contributed by atoms with van der Waals surface area (Å²) >= 11 is 0. The summed E-state index contributed by atoms with van der Waals surface area (Å²) in [5.41, 5.74) is 7.49. The molecule has 0 aliphatic rings. The number of nitrogens with one attached hydrogen (secondary N) is 2. The summed E-state index contributed by atoms with van der Waals surface area (Å²) in [5, 5.41) is 6.55. The van der Waals surface area contributed by atoms with Crippen molar-refractivity contribution in [3.8, 4) is 0 Å². The van der Waals surface area contributed by atoms with Gasteiger partial charge in [0.2, 0.25) is 0 Å². The Morgan fingerprint density at radius 3 is 1.18 bits per heavy atom. The highest BCUT2D eigenvalue weighted by molar-refractivity contribution is 6.01. The number of anilines is 2. The third-order valence-electron chi connectivity index (χ3n) is 8.20. The minimum Gasteiger partial charge on any atom is -0.307 e. The van der Waals surface area contributed by atoms with E-state index in [2.05, 4.69) is 74.7 Å². The van der Waals surface area contributed by atoms with Gasteiger partial charge in [0.15, 0.2) is 0 Å². The van der Waals surface area contributed by atoms with Gasteiger partial charge < -0.3 is 10.6 Å². The molecule has 224 valence electrons. The molecule has 2 aromatic rings. The summed E-state index contributed by atoms with van der Waals surface area (Å²) in [6, 6.07) is 12.9. The number of carbonyl (C=O) groups is 1. The van der Waals surface area contributed by atoms with Crippen LogP contribution in [0, 0.1) is 0 Å². The molecule has 2 amide bonds. The smallest absolute Gasteiger partial charge is 0.307 e. The van der Waals surface area contributed by atoms with Crippen LogP contribution in [0.3, 0.4) is 0 Å². The van der Waals surface area contributed by atoms with Gasteiger partial charge in [-0.3, -0.25) is 0 Å². The Labute approximate surface area is 247 Å². The molecule has 0 bridgehead atoms. The largest absolute Gasteiger partial charge is 0.323 e. The van der Waals surface area contributed by atoms with Crippen molar-refractivity contribution in [3.63, 3.8) is 0 Å². The molecule has 3 heteroatoms. The monoisotopic (exact) mass is 548 g/mol. The van der Waals surface area contributed by atoms with E-state index in [0.717, 1.165) is 37.1 Å². The van der Waals surface area contributed by atoms with E-state index in [4.69, 9.17) is 0 Å². The Balaban J connectivity index is 2.19. The van der Waals surface area contributed by atoms with Crippen molar-refractivity contribution in [2.75, 3.05) is 10.6 Å². The molecule has 0 fully saturated rings. The van der Waals surface area contributed by atoms with Crippen molar-refractivity contribution in [3.05, 3.63) is 58.7 Å². The molecule has 0 atom stereocenters. The van der Waals surface area contributed by atoms with E-state index in [9.17, 15) is 4.79 Å². The molecule has 2 aromatic carbocycles. The minimum atomic E-state index is -0.115. The van der Waals surface area contributed by atoms with Gasteiger partial charge in [-0.05, 0) is 85.8 Å². The van der Waals surface area contributed by atoms with Gasteiger partial charge in [-0.25, -0.2) is 4.79 Å². The van der Waals surface area contributed by atoms with E-state index in [1.807, 2.05) is 0 Å². The van der Waals surface area contributed by atoms with Gasteiger partial charge in [-0.2, -0.15) is 0 Å². The van der Waals surface area contributed by atoms with Gasteiger partial charge in [0.05, 0.1) is 0 Å². The van der Waals surface area contributed by atoms with Crippen molar-refractivity contribution in [2.24, 2.45) is 0 Å². The molecule has 0 saturated carbocycles. The predicted molar refractivity (Wildman–Crippen MR) is 177 cm³/mol. The highest BCUT2D eigenvalue weighted by Gasteiger charge is 2.14. The SMILES string of the molecule is CCCCCCc1cccc(NC(=O)Nc2cccc(CCCCCC)c2CCCCCC)c1CCCCCC. The van der Waals surface area contributed by atoms with Gasteiger partial charge in [-0.15, -0.1) is 0 Å². The number of hydrogen-bond acceptors (Lipinski definition) is 1. The zero-order chi connectivity index (χ0) is 28.8. The molecule has 2 rings (SSSR count). The maximum Gasteiger partial charge on any atom is 0.323 e. The molecule has 0 unspecified atom stereocenters. The first-order valence-electron chi connectivity index (χ1n) is 16.9. The maximum atomic E-state index is 13.4. The number of amides is 2. The molecule has 0 aliphatic carbocycles. The number of carbonyl (C=O) groups excluding carboxylic acids is 1. The second kappa shape index (κ2) is 21.5. The van der Waals surface area contributed by atoms with Gasteiger partial charge in [0, 0.05) is 11.4 Å². The van der Waals surface area contributed by atoms with Crippen molar-refractivity contribution in [1.82, 2.24) is 0 Å². The lowest BCUT2D eigenvalue weighted by molar-refractivity contribution is 0.262. The number of unbranched alkanes of at least 4 members (excludes halogenated alkanes) is 12. The Morgan fingerprint density at radius 2 is 0.825 bits per heavy atom. The average Bonchev–Trinajstić information content (AvgIpc) is 2.95. The second-order valence-electron chi connectivity index (χ2n) is 11.7. The van der Waals surface area contributed by atoms with Crippen LogP contribution in [0.1, 0.15) is 153 Å². The summed E-state index contributed by atoms with van der Waals surface area (Å²) in [6.07, 6.45) is 24.3. The summed E-state index contributed by atoms with van der Waals surface area (Å²) in [4.78, 5) is 13.4. The van der Waals surface area contributed by atoms with Crippen molar-refractivity contribution in [1.29, 1.82) is 0 Å². The summed E-state index contributed by atoms with van der Waals surface area (Å²) < 4.78 is 0. The first-order chi connectivity index (χ1) is 19.6. The van der Waals surface area contributed by atoms with E-state index >= 15 is 0 Å². The topological polar surface area (TPSA) is 41.1 Å². The van der Waals surface area contributed by atoms with E-state index in [1.54, 1.807) is 0 Å². The lowest BCUT2D eigenvalue weighted by atomic mass is 9.94. The summed E-state index contributed by atoms with van der Waals surface area (Å²) in [7, 11) is 0. The van der Waals surface area contributed by atoms with Crippen LogP contribution in [-0.2, 0) is 25.7 Å². The van der Waals surface area contributed by atoms with Gasteiger partial charge in [0.1, 0.15) is 0 Å². The summed E-state index contributed by atoms with van der Waals surface area (Å²) in [5.74, 6) is 0. The Morgan fingerprint density at radius 1 is 0.475 bits per heavy atom. The quantitative estimate of drug-likeness (QED) is 0.141. The fourth-order valence-electron chi connectivity index (χ4n) is 5.78. The van der Waals surface area contributed by atoms with Crippen LogP contribution in [0.15, 0.2) is 36.4 Å². The molecule has 0 aliphatic heterocycles. The Kier molecular flexibility index (Phi) is 18.2. The predicted octanol–water partition coefficient (Wildman–Crippen LogP) is 11.8. The normalized spacial score (nSPS) is 11.1. The minimum absolute atomic E-state index is 0.115. The van der Waals surface area contributed by atoms with Crippen molar-refractivity contribution in [2.45, 2.75) is 156 Å². The summed E-state index contributed by atoms with van der Waals surface area (Å²) in [6.45, 7) is 9.05. The molecule has 0 spiro atoms. The highest BCUT2D eigenvalue weighted by Crippen LogP contribution is 2.27. The molecular formula is C37H60N2O. The van der Waals surface area contributed by atoms with E-state index in [1.165, 1.54) is 125 Å². The first-order valence-corrected chi connectivity index (χ1v) is 16.9. The molecular weight excluding hydrogens is 488 g/mol. The molecule has 0 radical (unpaired) electrons. The lowest BCUT2D eigenvalue weighted by Crippen LogP contribution is -2.22. The van der Waals surface area contributed by atoms with Crippen LogP contribution >= 0.6 is 0 Å². The van der Waals surface area contributed by atoms with Gasteiger partial charge in [0.25, 0.3) is 0 Å². The number of hydrogen-bond donors (Lipinski definition) is 2. The van der Waals surface area contributed by atoms with Crippen molar-refractivity contribution < 1.29 is 4.79 Å². The standard InChI is InChI=1S/C37H60N2O/c1-5-9-13-17-23-31-25-21-29-35(33(31)27-19-15-11-7-3)38-37(40)39-36-30-22-26-32(24-18-14-10-6-2)34(36)28-20-16-12-8-4/h21-22,25-26,29-30H,5-20,23-24,27-28H2,1-4H3,(H2,38,39,40). The van der Waals surface area contributed by atoms with Crippen LogP contribution < -0.4 is 10.6 Å². The fraction of sp³-hybridized carbons (Fsp3) is 0.649. The van der Waals surface area contributed by atoms with E-state index in [-0.39, 0.29) is 6.03 Å². The second-order valence-corrected chi connectivity index (χ2v) is 11.7. The Bertz CT molecular complexity index is 876. The average molecular weight is 549 g/mol. The number of aryl methyl sites for hydroxylation is 2. The zero-order valence-electron chi connectivity index (χ0n) is 26.5. The number of urea groups is 1. The van der Waals surface area contributed by atoms with Gasteiger partial charge >= 0.3 is 6.03 Å². The first kappa shape index (κ1) is 33.9. The van der Waals surface area contributed by atoms with Crippen LogP contribution in [0.5, 0.6) is 0 Å². The van der Waals surface area contributed by atoms with Gasteiger partial charge in [-0.1, -0.05) is 129 Å². The molecule has 3 nitrogen and oxygen atoms in total.